The van der Waals surface area contributed by atoms with E-state index in [0.717, 1.165) is 33.8 Å². The van der Waals surface area contributed by atoms with Gasteiger partial charge in [0.05, 0.1) is 25.4 Å². The molecule has 0 saturated carbocycles. The zero-order valence-corrected chi connectivity index (χ0v) is 18.3. The van der Waals surface area contributed by atoms with Crippen molar-refractivity contribution in [2.45, 2.75) is 20.3 Å². The summed E-state index contributed by atoms with van der Waals surface area (Å²) in [4.78, 5) is 21.2. The molecule has 6 nitrogen and oxygen atoms in total. The van der Waals surface area contributed by atoms with Gasteiger partial charge in [0.15, 0.2) is 0 Å². The minimum absolute atomic E-state index is 0.179. The van der Waals surface area contributed by atoms with Crippen LogP contribution in [0.2, 0.25) is 0 Å². The van der Waals surface area contributed by atoms with Gasteiger partial charge in [0.25, 0.3) is 5.91 Å². The molecule has 2 aromatic carbocycles. The molecule has 0 radical (unpaired) electrons. The lowest BCUT2D eigenvalue weighted by atomic mass is 10.0. The third kappa shape index (κ3) is 4.06. The summed E-state index contributed by atoms with van der Waals surface area (Å²) in [5, 5.41) is 5.00. The Bertz CT molecular complexity index is 1240. The number of fused-ring (bicyclic) bond motifs is 3. The van der Waals surface area contributed by atoms with Gasteiger partial charge in [-0.25, -0.2) is 4.98 Å². The van der Waals surface area contributed by atoms with E-state index in [2.05, 4.69) is 24.1 Å². The summed E-state index contributed by atoms with van der Waals surface area (Å²) in [6, 6.07) is 15.5. The standard InChI is InChI=1S/C25H27N3O3/c1-15(2)11-12-26-25(29)21-14-19-17-7-5-6-8-20(17)27-24(19)23(28-21)18-10-9-16(30-3)13-22(18)31-4/h5-10,13-15,27H,11-12H2,1-4H3,(H,26,29). The van der Waals surface area contributed by atoms with Crippen LogP contribution in [-0.2, 0) is 0 Å². The maximum Gasteiger partial charge on any atom is 0.269 e. The highest BCUT2D eigenvalue weighted by atomic mass is 16.5. The highest BCUT2D eigenvalue weighted by Crippen LogP contribution is 2.38. The number of benzene rings is 2. The van der Waals surface area contributed by atoms with Crippen molar-refractivity contribution in [3.63, 3.8) is 0 Å². The molecule has 2 aromatic heterocycles. The number of hydrogen-bond acceptors (Lipinski definition) is 4. The first kappa shape index (κ1) is 20.7. The summed E-state index contributed by atoms with van der Waals surface area (Å²) in [6.45, 7) is 4.89. The Labute approximate surface area is 181 Å². The van der Waals surface area contributed by atoms with E-state index in [0.29, 0.717) is 35.3 Å². The number of carbonyl (C=O) groups is 1. The molecule has 0 bridgehead atoms. The number of pyridine rings is 1. The first-order chi connectivity index (χ1) is 15.0. The second kappa shape index (κ2) is 8.68. The molecule has 4 aromatic rings. The molecule has 0 spiro atoms. The Balaban J connectivity index is 1.90. The van der Waals surface area contributed by atoms with E-state index < -0.39 is 0 Å². The monoisotopic (exact) mass is 417 g/mol. The first-order valence-electron chi connectivity index (χ1n) is 10.4. The normalized spacial score (nSPS) is 11.3. The lowest BCUT2D eigenvalue weighted by Gasteiger charge is -2.13. The van der Waals surface area contributed by atoms with E-state index in [1.54, 1.807) is 14.2 Å². The zero-order valence-electron chi connectivity index (χ0n) is 18.3. The number of aromatic amines is 1. The van der Waals surface area contributed by atoms with Crippen LogP contribution < -0.4 is 14.8 Å². The van der Waals surface area contributed by atoms with Gasteiger partial charge in [-0.1, -0.05) is 32.0 Å². The van der Waals surface area contributed by atoms with Crippen molar-refractivity contribution in [3.05, 3.63) is 54.2 Å². The minimum Gasteiger partial charge on any atom is -0.497 e. The average molecular weight is 418 g/mol. The van der Waals surface area contributed by atoms with Crippen molar-refractivity contribution in [3.8, 4) is 22.8 Å². The van der Waals surface area contributed by atoms with Gasteiger partial charge in [0.1, 0.15) is 17.2 Å². The molecule has 6 heteroatoms. The number of rotatable bonds is 7. The quantitative estimate of drug-likeness (QED) is 0.435. The Morgan fingerprint density at radius 3 is 2.61 bits per heavy atom. The Morgan fingerprint density at radius 2 is 1.87 bits per heavy atom. The summed E-state index contributed by atoms with van der Waals surface area (Å²) in [5.74, 6) is 1.66. The van der Waals surface area contributed by atoms with Gasteiger partial charge in [-0.05, 0) is 36.6 Å². The lowest BCUT2D eigenvalue weighted by Crippen LogP contribution is -2.26. The molecule has 31 heavy (non-hydrogen) atoms. The number of methoxy groups -OCH3 is 2. The number of aromatic nitrogens is 2. The van der Waals surface area contributed by atoms with Crippen LogP contribution in [0.15, 0.2) is 48.5 Å². The number of hydrogen-bond donors (Lipinski definition) is 2. The van der Waals surface area contributed by atoms with Gasteiger partial charge in [-0.2, -0.15) is 0 Å². The van der Waals surface area contributed by atoms with E-state index in [9.17, 15) is 4.79 Å². The van der Waals surface area contributed by atoms with Crippen LogP contribution in [0, 0.1) is 5.92 Å². The summed E-state index contributed by atoms with van der Waals surface area (Å²) in [7, 11) is 3.23. The number of para-hydroxylation sites is 1. The molecule has 0 fully saturated rings. The lowest BCUT2D eigenvalue weighted by molar-refractivity contribution is 0.0947. The summed E-state index contributed by atoms with van der Waals surface area (Å²) < 4.78 is 11.0. The topological polar surface area (TPSA) is 76.2 Å². The number of carbonyl (C=O) groups excluding carboxylic acids is 1. The Morgan fingerprint density at radius 1 is 1.06 bits per heavy atom. The fraction of sp³-hybridized carbons (Fsp3) is 0.280. The Hall–Kier alpha value is -3.54. The molecule has 0 aliphatic rings. The maximum absolute atomic E-state index is 12.9. The van der Waals surface area contributed by atoms with Crippen molar-refractivity contribution in [1.82, 2.24) is 15.3 Å². The number of amides is 1. The van der Waals surface area contributed by atoms with Crippen LogP contribution in [0.3, 0.4) is 0 Å². The predicted molar refractivity (Wildman–Crippen MR) is 124 cm³/mol. The molecule has 2 heterocycles. The van der Waals surface area contributed by atoms with Gasteiger partial charge in [0.2, 0.25) is 0 Å². The summed E-state index contributed by atoms with van der Waals surface area (Å²) >= 11 is 0. The van der Waals surface area contributed by atoms with Gasteiger partial charge in [0, 0.05) is 34.5 Å². The first-order valence-corrected chi connectivity index (χ1v) is 10.4. The number of nitrogens with zero attached hydrogens (tertiary/aromatic N) is 1. The average Bonchev–Trinajstić information content (AvgIpc) is 3.16. The third-order valence-electron chi connectivity index (χ3n) is 5.40. The van der Waals surface area contributed by atoms with Crippen molar-refractivity contribution in [2.24, 2.45) is 5.92 Å². The molecule has 2 N–H and O–H groups in total. The van der Waals surface area contributed by atoms with Crippen molar-refractivity contribution < 1.29 is 14.3 Å². The highest BCUT2D eigenvalue weighted by Gasteiger charge is 2.19. The largest absolute Gasteiger partial charge is 0.497 e. The molecular weight excluding hydrogens is 390 g/mol. The maximum atomic E-state index is 12.9. The highest BCUT2D eigenvalue weighted by molar-refractivity contribution is 6.13. The second-order valence-electron chi connectivity index (χ2n) is 7.95. The molecule has 0 atom stereocenters. The number of ether oxygens (including phenoxy) is 2. The molecular formula is C25H27N3O3. The third-order valence-corrected chi connectivity index (χ3v) is 5.40. The SMILES string of the molecule is COc1ccc(-c2nc(C(=O)NCCC(C)C)cc3c2[nH]c2ccccc23)c(OC)c1. The summed E-state index contributed by atoms with van der Waals surface area (Å²) in [5.41, 5.74) is 3.70. The van der Waals surface area contributed by atoms with E-state index in [1.165, 1.54) is 0 Å². The molecule has 0 aliphatic heterocycles. The van der Waals surface area contributed by atoms with Crippen molar-refractivity contribution in [1.29, 1.82) is 0 Å². The van der Waals surface area contributed by atoms with E-state index in [-0.39, 0.29) is 5.91 Å². The molecule has 1 amide bonds. The molecule has 0 saturated heterocycles. The van der Waals surface area contributed by atoms with Crippen LogP contribution in [0.4, 0.5) is 0 Å². The molecule has 0 unspecified atom stereocenters. The number of H-pyrrole nitrogens is 1. The van der Waals surface area contributed by atoms with E-state index >= 15 is 0 Å². The zero-order chi connectivity index (χ0) is 22.0. The second-order valence-corrected chi connectivity index (χ2v) is 7.95. The molecule has 4 rings (SSSR count). The van der Waals surface area contributed by atoms with Gasteiger partial charge in [-0.3, -0.25) is 4.79 Å². The van der Waals surface area contributed by atoms with E-state index in [4.69, 9.17) is 14.5 Å². The van der Waals surface area contributed by atoms with Crippen molar-refractivity contribution in [2.75, 3.05) is 20.8 Å². The fourth-order valence-corrected chi connectivity index (χ4v) is 3.72. The van der Waals surface area contributed by atoms with Gasteiger partial charge in [-0.15, -0.1) is 0 Å². The minimum atomic E-state index is -0.179. The van der Waals surface area contributed by atoms with Crippen LogP contribution in [0.5, 0.6) is 11.5 Å². The Kier molecular flexibility index (Phi) is 5.80. The van der Waals surface area contributed by atoms with Crippen LogP contribution in [0.1, 0.15) is 30.8 Å². The fourth-order valence-electron chi connectivity index (χ4n) is 3.72. The number of nitrogens with one attached hydrogen (secondary N) is 2. The molecule has 0 aliphatic carbocycles. The van der Waals surface area contributed by atoms with Crippen LogP contribution >= 0.6 is 0 Å². The van der Waals surface area contributed by atoms with Crippen LogP contribution in [0.25, 0.3) is 33.1 Å². The van der Waals surface area contributed by atoms with Gasteiger partial charge >= 0.3 is 0 Å². The predicted octanol–water partition coefficient (Wildman–Crippen LogP) is 5.18. The van der Waals surface area contributed by atoms with Crippen molar-refractivity contribution >= 4 is 27.7 Å². The molecule has 160 valence electrons. The smallest absolute Gasteiger partial charge is 0.269 e. The van der Waals surface area contributed by atoms with Crippen LogP contribution in [-0.4, -0.2) is 36.6 Å². The summed E-state index contributed by atoms with van der Waals surface area (Å²) in [6.07, 6.45) is 0.917. The van der Waals surface area contributed by atoms with E-state index in [1.807, 2.05) is 48.5 Å². The van der Waals surface area contributed by atoms with Gasteiger partial charge < -0.3 is 19.8 Å².